The fourth-order valence-corrected chi connectivity index (χ4v) is 2.69. The van der Waals surface area contributed by atoms with E-state index in [9.17, 15) is 4.79 Å². The number of benzene rings is 2. The summed E-state index contributed by atoms with van der Waals surface area (Å²) in [7, 11) is 0. The quantitative estimate of drug-likeness (QED) is 0.601. The van der Waals surface area contributed by atoms with Gasteiger partial charge in [0, 0.05) is 34.6 Å². The van der Waals surface area contributed by atoms with Gasteiger partial charge in [-0.05, 0) is 37.6 Å². The number of nitrogens with one attached hydrogen (secondary N) is 2. The van der Waals surface area contributed by atoms with Crippen LogP contribution in [-0.2, 0) is 6.54 Å². The normalized spacial score (nSPS) is 10.4. The molecule has 6 heteroatoms. The number of hydrogen-bond donors (Lipinski definition) is 2. The standard InChI is InChI=1S/C20H19ClN4O/c1-13-10-19(24-17-8-5-7-15(11-17)14(2)26)25-20(23-13)22-12-16-6-3-4-9-18(16)21/h3-11H,12H2,1-2H3,(H2,22,23,24,25). The molecule has 0 fully saturated rings. The van der Waals surface area contributed by atoms with Crippen LogP contribution in [0.2, 0.25) is 5.02 Å². The zero-order valence-corrected chi connectivity index (χ0v) is 15.3. The molecule has 0 aliphatic carbocycles. The van der Waals surface area contributed by atoms with Gasteiger partial charge in [-0.25, -0.2) is 4.98 Å². The van der Waals surface area contributed by atoms with Crippen molar-refractivity contribution >= 4 is 34.8 Å². The molecule has 3 rings (SSSR count). The van der Waals surface area contributed by atoms with Crippen molar-refractivity contribution in [1.29, 1.82) is 0 Å². The van der Waals surface area contributed by atoms with Gasteiger partial charge in [0.15, 0.2) is 5.78 Å². The average molecular weight is 367 g/mol. The van der Waals surface area contributed by atoms with E-state index in [1.165, 1.54) is 0 Å². The summed E-state index contributed by atoms with van der Waals surface area (Å²) in [6, 6.07) is 16.8. The minimum Gasteiger partial charge on any atom is -0.350 e. The van der Waals surface area contributed by atoms with Gasteiger partial charge in [-0.1, -0.05) is 41.9 Å². The van der Waals surface area contributed by atoms with Gasteiger partial charge in [-0.3, -0.25) is 4.79 Å². The van der Waals surface area contributed by atoms with Crippen LogP contribution in [0.4, 0.5) is 17.5 Å². The highest BCUT2D eigenvalue weighted by Crippen LogP contribution is 2.20. The van der Waals surface area contributed by atoms with Gasteiger partial charge in [0.2, 0.25) is 5.95 Å². The first-order chi connectivity index (χ1) is 12.5. The molecule has 0 atom stereocenters. The number of aromatic nitrogens is 2. The summed E-state index contributed by atoms with van der Waals surface area (Å²) in [5, 5.41) is 7.12. The van der Waals surface area contributed by atoms with Gasteiger partial charge in [0.05, 0.1) is 0 Å². The molecule has 0 aliphatic rings. The summed E-state index contributed by atoms with van der Waals surface area (Å²) in [5.41, 5.74) is 3.25. The maximum atomic E-state index is 11.5. The molecule has 0 radical (unpaired) electrons. The number of halogens is 1. The van der Waals surface area contributed by atoms with E-state index in [-0.39, 0.29) is 5.78 Å². The Kier molecular flexibility index (Phi) is 5.49. The van der Waals surface area contributed by atoms with E-state index in [2.05, 4.69) is 20.6 Å². The van der Waals surface area contributed by atoms with Gasteiger partial charge >= 0.3 is 0 Å². The molecule has 2 aromatic carbocycles. The van der Waals surface area contributed by atoms with Crippen molar-refractivity contribution in [3.8, 4) is 0 Å². The summed E-state index contributed by atoms with van der Waals surface area (Å²) in [6.07, 6.45) is 0. The summed E-state index contributed by atoms with van der Waals surface area (Å²) in [6.45, 7) is 3.98. The van der Waals surface area contributed by atoms with Gasteiger partial charge in [0.1, 0.15) is 5.82 Å². The number of nitrogens with zero attached hydrogens (tertiary/aromatic N) is 2. The van der Waals surface area contributed by atoms with E-state index < -0.39 is 0 Å². The summed E-state index contributed by atoms with van der Waals surface area (Å²) in [4.78, 5) is 20.4. The fraction of sp³-hybridized carbons (Fsp3) is 0.150. The van der Waals surface area contributed by atoms with E-state index in [1.54, 1.807) is 19.1 Å². The number of carbonyl (C=O) groups is 1. The maximum absolute atomic E-state index is 11.5. The highest BCUT2D eigenvalue weighted by atomic mass is 35.5. The lowest BCUT2D eigenvalue weighted by Gasteiger charge is -2.11. The first kappa shape index (κ1) is 17.9. The molecule has 0 bridgehead atoms. The van der Waals surface area contributed by atoms with Crippen LogP contribution < -0.4 is 10.6 Å². The molecule has 26 heavy (non-hydrogen) atoms. The second-order valence-electron chi connectivity index (χ2n) is 5.93. The van der Waals surface area contributed by atoms with Crippen LogP contribution in [0.3, 0.4) is 0 Å². The maximum Gasteiger partial charge on any atom is 0.225 e. The minimum absolute atomic E-state index is 0.0228. The van der Waals surface area contributed by atoms with Crippen molar-refractivity contribution in [2.24, 2.45) is 0 Å². The summed E-state index contributed by atoms with van der Waals surface area (Å²) >= 11 is 6.18. The lowest BCUT2D eigenvalue weighted by Crippen LogP contribution is -2.06. The molecular formula is C20H19ClN4O. The second-order valence-corrected chi connectivity index (χ2v) is 6.33. The first-order valence-corrected chi connectivity index (χ1v) is 8.60. The molecule has 5 nitrogen and oxygen atoms in total. The zero-order valence-electron chi connectivity index (χ0n) is 14.6. The van der Waals surface area contributed by atoms with Crippen molar-refractivity contribution in [1.82, 2.24) is 9.97 Å². The van der Waals surface area contributed by atoms with Crippen molar-refractivity contribution in [2.45, 2.75) is 20.4 Å². The molecule has 0 spiro atoms. The van der Waals surface area contributed by atoms with Crippen LogP contribution in [0.15, 0.2) is 54.6 Å². The number of Topliss-reactive ketones (excluding diaryl/α,β-unsaturated/α-hetero) is 1. The van der Waals surface area contributed by atoms with Crippen LogP contribution >= 0.6 is 11.6 Å². The molecule has 0 unspecified atom stereocenters. The number of rotatable bonds is 6. The first-order valence-electron chi connectivity index (χ1n) is 8.22. The number of ketones is 1. The van der Waals surface area contributed by atoms with Gasteiger partial charge in [-0.2, -0.15) is 4.98 Å². The molecule has 0 saturated carbocycles. The topological polar surface area (TPSA) is 66.9 Å². The largest absolute Gasteiger partial charge is 0.350 e. The van der Waals surface area contributed by atoms with E-state index in [0.717, 1.165) is 16.9 Å². The Morgan fingerprint density at radius 2 is 1.88 bits per heavy atom. The Balaban J connectivity index is 1.76. The number of aryl methyl sites for hydroxylation is 1. The third kappa shape index (κ3) is 4.58. The van der Waals surface area contributed by atoms with Crippen molar-refractivity contribution in [2.75, 3.05) is 10.6 Å². The molecule has 1 aromatic heterocycles. The van der Waals surface area contributed by atoms with Crippen LogP contribution in [0.5, 0.6) is 0 Å². The number of carbonyl (C=O) groups excluding carboxylic acids is 1. The summed E-state index contributed by atoms with van der Waals surface area (Å²) in [5.74, 6) is 1.18. The molecule has 132 valence electrons. The third-order valence-electron chi connectivity index (χ3n) is 3.79. The second kappa shape index (κ2) is 7.97. The van der Waals surface area contributed by atoms with Crippen LogP contribution in [0.1, 0.15) is 28.5 Å². The molecule has 0 aliphatic heterocycles. The number of anilines is 3. The Morgan fingerprint density at radius 1 is 1.08 bits per heavy atom. The Bertz CT molecular complexity index is 943. The van der Waals surface area contributed by atoms with Gasteiger partial charge in [-0.15, -0.1) is 0 Å². The smallest absolute Gasteiger partial charge is 0.225 e. The monoisotopic (exact) mass is 366 g/mol. The lowest BCUT2D eigenvalue weighted by molar-refractivity contribution is 0.101. The molecule has 0 saturated heterocycles. The highest BCUT2D eigenvalue weighted by Gasteiger charge is 2.06. The van der Waals surface area contributed by atoms with E-state index >= 15 is 0 Å². The van der Waals surface area contributed by atoms with E-state index in [4.69, 9.17) is 11.6 Å². The third-order valence-corrected chi connectivity index (χ3v) is 4.16. The lowest BCUT2D eigenvalue weighted by atomic mass is 10.1. The van der Waals surface area contributed by atoms with Gasteiger partial charge < -0.3 is 10.6 Å². The SMILES string of the molecule is CC(=O)c1cccc(Nc2cc(C)nc(NCc3ccccc3Cl)n2)c1. The Hall–Kier alpha value is -2.92. The fourth-order valence-electron chi connectivity index (χ4n) is 2.49. The Morgan fingerprint density at radius 3 is 2.65 bits per heavy atom. The van der Waals surface area contributed by atoms with Crippen molar-refractivity contribution < 1.29 is 4.79 Å². The van der Waals surface area contributed by atoms with E-state index in [0.29, 0.717) is 28.9 Å². The molecule has 3 aromatic rings. The Labute approximate surface area is 157 Å². The average Bonchev–Trinajstić information content (AvgIpc) is 2.61. The van der Waals surface area contributed by atoms with Crippen LogP contribution in [-0.4, -0.2) is 15.8 Å². The van der Waals surface area contributed by atoms with Crippen molar-refractivity contribution in [3.63, 3.8) is 0 Å². The van der Waals surface area contributed by atoms with Crippen molar-refractivity contribution in [3.05, 3.63) is 76.4 Å². The van der Waals surface area contributed by atoms with Gasteiger partial charge in [0.25, 0.3) is 0 Å². The van der Waals surface area contributed by atoms with Crippen LogP contribution in [0, 0.1) is 6.92 Å². The van der Waals surface area contributed by atoms with Crippen LogP contribution in [0.25, 0.3) is 0 Å². The molecular weight excluding hydrogens is 348 g/mol. The molecule has 0 amide bonds. The minimum atomic E-state index is 0.0228. The molecule has 2 N–H and O–H groups in total. The predicted octanol–water partition coefficient (Wildman–Crippen LogP) is 5.00. The number of hydrogen-bond acceptors (Lipinski definition) is 5. The van der Waals surface area contributed by atoms with E-state index in [1.807, 2.05) is 49.4 Å². The predicted molar refractivity (Wildman–Crippen MR) is 105 cm³/mol. The summed E-state index contributed by atoms with van der Waals surface area (Å²) < 4.78 is 0. The highest BCUT2D eigenvalue weighted by molar-refractivity contribution is 6.31. The molecule has 1 heterocycles. The zero-order chi connectivity index (χ0) is 18.5.